The molecule has 2 heterocycles. The fraction of sp³-hybridized carbons (Fsp3) is 0.407. The van der Waals surface area contributed by atoms with Gasteiger partial charge in [-0.15, -0.1) is 24.8 Å². The van der Waals surface area contributed by atoms with Crippen molar-refractivity contribution in [2.75, 3.05) is 38.1 Å². The van der Waals surface area contributed by atoms with Gasteiger partial charge in [-0.1, -0.05) is 43.3 Å². The second kappa shape index (κ2) is 14.9. The lowest BCUT2D eigenvalue weighted by atomic mass is 10.1. The van der Waals surface area contributed by atoms with Crippen LogP contribution in [0.15, 0.2) is 47.0 Å². The highest BCUT2D eigenvalue weighted by molar-refractivity contribution is 5.87. The van der Waals surface area contributed by atoms with Crippen LogP contribution in [0.3, 0.4) is 0 Å². The van der Waals surface area contributed by atoms with E-state index in [9.17, 15) is 9.59 Å². The maximum Gasteiger partial charge on any atom is 0.256 e. The van der Waals surface area contributed by atoms with E-state index in [4.69, 9.17) is 4.52 Å². The van der Waals surface area contributed by atoms with Gasteiger partial charge < -0.3 is 20.1 Å². The second-order valence-corrected chi connectivity index (χ2v) is 9.63. The number of rotatable bonds is 11. The molecule has 0 bridgehead atoms. The largest absolute Gasteiger partial charge is 0.353 e. The Morgan fingerprint density at radius 3 is 2.35 bits per heavy atom. The maximum atomic E-state index is 15.1. The van der Waals surface area contributed by atoms with E-state index >= 15 is 4.39 Å². The first-order valence-electron chi connectivity index (χ1n) is 12.6. The number of benzene rings is 2. The summed E-state index contributed by atoms with van der Waals surface area (Å²) < 4.78 is 20.2. The summed E-state index contributed by atoms with van der Waals surface area (Å²) in [6.45, 7) is 7.51. The van der Waals surface area contributed by atoms with E-state index in [1.54, 1.807) is 19.0 Å². The maximum absolute atomic E-state index is 15.1. The second-order valence-electron chi connectivity index (χ2n) is 9.63. The summed E-state index contributed by atoms with van der Waals surface area (Å²) in [4.78, 5) is 31.9. The van der Waals surface area contributed by atoms with Gasteiger partial charge in [0.15, 0.2) is 0 Å². The Labute approximate surface area is 246 Å². The van der Waals surface area contributed by atoms with Gasteiger partial charge in [0, 0.05) is 51.8 Å². The van der Waals surface area contributed by atoms with Crippen LogP contribution in [0.1, 0.15) is 30.9 Å². The predicted molar refractivity (Wildman–Crippen MR) is 156 cm³/mol. The summed E-state index contributed by atoms with van der Waals surface area (Å²) >= 11 is 0. The molecule has 0 aliphatic carbocycles. The molecular weight excluding hydrogens is 560 g/mol. The zero-order valence-corrected chi connectivity index (χ0v) is 24.6. The highest BCUT2D eigenvalue weighted by atomic mass is 35.5. The molecule has 0 spiro atoms. The molecule has 1 aliphatic rings. The number of aromatic nitrogens is 2. The molecule has 13 heteroatoms. The van der Waals surface area contributed by atoms with Crippen LogP contribution in [0.2, 0.25) is 0 Å². The SMILES string of the molecule is Cc1nc(-c2ccc(F)c(N(CC(=O)NCCNC(C)C)CC(=O)N(C)N3Cc4ccccc4C3)c2)no1.Cl.Cl. The van der Waals surface area contributed by atoms with Gasteiger partial charge in [-0.25, -0.2) is 9.40 Å². The van der Waals surface area contributed by atoms with Crippen molar-refractivity contribution in [3.8, 4) is 11.4 Å². The average Bonchev–Trinajstić information content (AvgIpc) is 3.52. The zero-order valence-electron chi connectivity index (χ0n) is 23.0. The summed E-state index contributed by atoms with van der Waals surface area (Å²) in [7, 11) is 1.69. The molecule has 0 saturated carbocycles. The molecule has 0 unspecified atom stereocenters. The molecule has 218 valence electrons. The van der Waals surface area contributed by atoms with E-state index in [-0.39, 0.29) is 55.4 Å². The number of anilines is 1. The number of halogens is 3. The molecule has 40 heavy (non-hydrogen) atoms. The predicted octanol–water partition coefficient (Wildman–Crippen LogP) is 3.34. The van der Waals surface area contributed by atoms with Gasteiger partial charge in [0.1, 0.15) is 5.82 Å². The van der Waals surface area contributed by atoms with Gasteiger partial charge in [0.2, 0.25) is 17.6 Å². The topological polar surface area (TPSA) is 107 Å². The molecule has 1 aromatic heterocycles. The molecule has 0 atom stereocenters. The van der Waals surface area contributed by atoms with Crippen LogP contribution in [0.4, 0.5) is 10.1 Å². The van der Waals surface area contributed by atoms with E-state index in [0.29, 0.717) is 49.5 Å². The van der Waals surface area contributed by atoms with Crippen molar-refractivity contribution in [3.63, 3.8) is 0 Å². The van der Waals surface area contributed by atoms with Crippen LogP contribution in [0, 0.1) is 12.7 Å². The molecule has 2 aromatic carbocycles. The van der Waals surface area contributed by atoms with E-state index in [0.717, 1.165) is 11.1 Å². The molecule has 0 radical (unpaired) electrons. The highest BCUT2D eigenvalue weighted by Crippen LogP contribution is 2.27. The van der Waals surface area contributed by atoms with Crippen molar-refractivity contribution in [2.24, 2.45) is 0 Å². The summed E-state index contributed by atoms with van der Waals surface area (Å²) in [5.74, 6) is -0.480. The lowest BCUT2D eigenvalue weighted by Crippen LogP contribution is -2.48. The molecular formula is C27H36Cl2FN7O3. The van der Waals surface area contributed by atoms with E-state index in [2.05, 4.69) is 20.8 Å². The number of aryl methyl sites for hydroxylation is 1. The van der Waals surface area contributed by atoms with Crippen molar-refractivity contribution in [1.29, 1.82) is 0 Å². The van der Waals surface area contributed by atoms with Crippen LogP contribution in [-0.4, -0.2) is 71.2 Å². The fourth-order valence-electron chi connectivity index (χ4n) is 4.28. The number of nitrogens with one attached hydrogen (secondary N) is 2. The average molecular weight is 597 g/mol. The number of hydrogen-bond acceptors (Lipinski definition) is 8. The normalized spacial score (nSPS) is 12.3. The monoisotopic (exact) mass is 595 g/mol. The van der Waals surface area contributed by atoms with Crippen LogP contribution < -0.4 is 15.5 Å². The lowest BCUT2D eigenvalue weighted by molar-refractivity contribution is -0.145. The number of carbonyl (C=O) groups excluding carboxylic acids is 2. The smallest absolute Gasteiger partial charge is 0.256 e. The molecule has 3 aromatic rings. The first kappa shape index (κ1) is 33.0. The Kier molecular flexibility index (Phi) is 12.3. The van der Waals surface area contributed by atoms with E-state index in [1.807, 2.05) is 43.1 Å². The Hall–Kier alpha value is -3.25. The number of likely N-dealkylation sites (N-methyl/N-ethyl adjacent to an activating group) is 1. The minimum Gasteiger partial charge on any atom is -0.353 e. The third-order valence-corrected chi connectivity index (χ3v) is 6.34. The minimum atomic E-state index is -0.563. The Bertz CT molecular complexity index is 1270. The van der Waals surface area contributed by atoms with E-state index < -0.39 is 5.82 Å². The first-order valence-corrected chi connectivity index (χ1v) is 12.6. The number of fused-ring (bicyclic) bond motifs is 1. The van der Waals surface area contributed by atoms with Crippen LogP contribution in [0.25, 0.3) is 11.4 Å². The van der Waals surface area contributed by atoms with Gasteiger partial charge in [-0.3, -0.25) is 14.6 Å². The molecule has 2 amide bonds. The van der Waals surface area contributed by atoms with Crippen molar-refractivity contribution in [2.45, 2.75) is 39.9 Å². The van der Waals surface area contributed by atoms with Crippen LogP contribution in [-0.2, 0) is 22.7 Å². The molecule has 1 aliphatic heterocycles. The van der Waals surface area contributed by atoms with E-state index in [1.165, 1.54) is 23.1 Å². The molecule has 10 nitrogen and oxygen atoms in total. The van der Waals surface area contributed by atoms with Crippen molar-refractivity contribution < 1.29 is 18.5 Å². The van der Waals surface area contributed by atoms with Gasteiger partial charge in [-0.05, 0) is 29.3 Å². The van der Waals surface area contributed by atoms with Gasteiger partial charge >= 0.3 is 0 Å². The van der Waals surface area contributed by atoms with Crippen molar-refractivity contribution in [3.05, 3.63) is 65.3 Å². The third kappa shape index (κ3) is 8.37. The third-order valence-electron chi connectivity index (χ3n) is 6.34. The summed E-state index contributed by atoms with van der Waals surface area (Å²) in [6.07, 6.45) is 0. The lowest BCUT2D eigenvalue weighted by Gasteiger charge is -2.31. The number of carbonyl (C=O) groups is 2. The number of hydrazine groups is 1. The number of amides is 2. The first-order chi connectivity index (χ1) is 18.2. The Balaban J connectivity index is 0.00000280. The van der Waals surface area contributed by atoms with Gasteiger partial charge in [-0.2, -0.15) is 4.98 Å². The standard InChI is InChI=1S/C27H34FN7O3.2ClH/c1-18(2)29-11-12-30-25(36)16-34(24-13-20(9-10-23(24)28)27-31-19(3)38-32-27)17-26(37)33(4)35-14-21-7-5-6-8-22(21)15-35;;/h5-10,13,18,29H,11-12,14-17H2,1-4H3,(H,30,36);2*1H. The molecule has 0 saturated heterocycles. The van der Waals surface area contributed by atoms with Gasteiger partial charge in [0.25, 0.3) is 5.91 Å². The quantitative estimate of drug-likeness (QED) is 0.325. The summed E-state index contributed by atoms with van der Waals surface area (Å²) in [6, 6.07) is 12.7. The van der Waals surface area contributed by atoms with Crippen molar-refractivity contribution in [1.82, 2.24) is 30.8 Å². The fourth-order valence-corrected chi connectivity index (χ4v) is 4.28. The molecule has 0 fully saturated rings. The Morgan fingerprint density at radius 2 is 1.75 bits per heavy atom. The van der Waals surface area contributed by atoms with Crippen molar-refractivity contribution >= 4 is 42.3 Å². The number of nitrogens with zero attached hydrogens (tertiary/aromatic N) is 5. The zero-order chi connectivity index (χ0) is 27.2. The highest BCUT2D eigenvalue weighted by Gasteiger charge is 2.27. The summed E-state index contributed by atoms with van der Waals surface area (Å²) in [5.41, 5.74) is 2.94. The van der Waals surface area contributed by atoms with Crippen LogP contribution >= 0.6 is 24.8 Å². The Morgan fingerprint density at radius 1 is 1.07 bits per heavy atom. The minimum absolute atomic E-state index is 0. The number of hydrogen-bond donors (Lipinski definition) is 2. The van der Waals surface area contributed by atoms with Crippen LogP contribution in [0.5, 0.6) is 0 Å². The molecule has 2 N–H and O–H groups in total. The summed E-state index contributed by atoms with van der Waals surface area (Å²) in [5, 5.41) is 13.4. The van der Waals surface area contributed by atoms with Gasteiger partial charge in [0.05, 0.1) is 18.8 Å². The molecule has 4 rings (SSSR count).